The highest BCUT2D eigenvalue weighted by Gasteiger charge is 2.29. The highest BCUT2D eigenvalue weighted by molar-refractivity contribution is 6.28. The third-order valence-electron chi connectivity index (χ3n) is 20.6. The van der Waals surface area contributed by atoms with Gasteiger partial charge < -0.3 is 9.97 Å². The van der Waals surface area contributed by atoms with Crippen LogP contribution in [0.15, 0.2) is 297 Å². The zero-order valence-electron chi connectivity index (χ0n) is 51.9. The number of fused-ring (bicyclic) bond motifs is 24. The first kappa shape index (κ1) is 52.8. The maximum absolute atomic E-state index is 6.16. The highest BCUT2D eigenvalue weighted by Crippen LogP contribution is 2.53. The van der Waals surface area contributed by atoms with Gasteiger partial charge in [0.1, 0.15) is 0 Å². The second-order valence-electron chi connectivity index (χ2n) is 26.1. The van der Waals surface area contributed by atoms with E-state index in [2.05, 4.69) is 325 Å². The van der Waals surface area contributed by atoms with E-state index >= 15 is 0 Å². The van der Waals surface area contributed by atoms with Crippen molar-refractivity contribution in [2.45, 2.75) is 0 Å². The van der Waals surface area contributed by atoms with Crippen LogP contribution in [0.2, 0.25) is 0 Å². The van der Waals surface area contributed by atoms with E-state index in [1.54, 1.807) is 0 Å². The largest absolute Gasteiger partial charge is 0.355 e. The third kappa shape index (κ3) is 8.16. The van der Waals surface area contributed by atoms with Gasteiger partial charge >= 0.3 is 0 Å². The van der Waals surface area contributed by atoms with Crippen LogP contribution in [-0.4, -0.2) is 19.9 Å². The van der Waals surface area contributed by atoms with E-state index in [-0.39, 0.29) is 0 Å². The lowest BCUT2D eigenvalue weighted by Gasteiger charge is -2.18. The van der Waals surface area contributed by atoms with E-state index in [4.69, 9.17) is 9.97 Å². The van der Waals surface area contributed by atoms with Crippen LogP contribution in [0.4, 0.5) is 0 Å². The van der Waals surface area contributed by atoms with Crippen molar-refractivity contribution < 1.29 is 0 Å². The molecule has 0 unspecified atom stereocenters. The van der Waals surface area contributed by atoms with Gasteiger partial charge in [0.15, 0.2) is 0 Å². The molecule has 0 saturated heterocycles. The molecule has 0 saturated carbocycles. The molecule has 96 heavy (non-hydrogen) atoms. The lowest BCUT2D eigenvalue weighted by Crippen LogP contribution is -1.96. The van der Waals surface area contributed by atoms with Gasteiger partial charge in [-0.05, 0) is 249 Å². The van der Waals surface area contributed by atoms with Crippen molar-refractivity contribution in [1.82, 2.24) is 19.9 Å². The Morgan fingerprint density at radius 3 is 1.01 bits per heavy atom. The number of hydrogen-bond donors (Lipinski definition) is 2. The van der Waals surface area contributed by atoms with Crippen LogP contribution in [0.5, 0.6) is 0 Å². The minimum atomic E-state index is 0.835. The molecule has 16 aromatic carbocycles. The molecule has 0 atom stereocenters. The molecular formula is C92H54N4. The lowest BCUT2D eigenvalue weighted by atomic mass is 9.84. The maximum Gasteiger partial charge on any atom is 0.0816 e. The van der Waals surface area contributed by atoms with Crippen molar-refractivity contribution in [1.29, 1.82) is 0 Å². The summed E-state index contributed by atoms with van der Waals surface area (Å²) in [5.74, 6) is 0. The van der Waals surface area contributed by atoms with E-state index in [1.807, 2.05) is 0 Å². The van der Waals surface area contributed by atoms with E-state index in [1.165, 1.54) is 102 Å². The van der Waals surface area contributed by atoms with Gasteiger partial charge in [0.25, 0.3) is 0 Å². The number of aromatic nitrogens is 4. The van der Waals surface area contributed by atoms with Crippen molar-refractivity contribution in [3.8, 4) is 33.4 Å². The molecule has 19 aromatic rings. The Hall–Kier alpha value is -12.8. The topological polar surface area (TPSA) is 57.4 Å². The van der Waals surface area contributed by atoms with E-state index in [0.717, 1.165) is 116 Å². The van der Waals surface area contributed by atoms with E-state index < -0.39 is 0 Å². The van der Waals surface area contributed by atoms with Gasteiger partial charge in [-0.1, -0.05) is 218 Å². The number of H-pyrrole nitrogens is 2. The van der Waals surface area contributed by atoms with Crippen molar-refractivity contribution in [3.63, 3.8) is 0 Å². The molecular weight excluding hydrogens is 1160 g/mol. The number of rotatable bonds is 4. The van der Waals surface area contributed by atoms with Crippen LogP contribution < -0.4 is 0 Å². The number of aromatic amines is 2. The summed E-state index contributed by atoms with van der Waals surface area (Å²) in [5, 5.41) is 28.4. The molecule has 2 N–H and O–H groups in total. The average molecular weight is 1220 g/mol. The molecule has 0 fully saturated rings. The van der Waals surface area contributed by atoms with Gasteiger partial charge in [0.05, 0.1) is 28.3 Å². The fourth-order valence-electron chi connectivity index (χ4n) is 16.3. The van der Waals surface area contributed by atoms with Gasteiger partial charge in [-0.2, -0.15) is 0 Å². The average Bonchev–Trinajstić information content (AvgIpc) is 1.47. The molecule has 5 heterocycles. The summed E-state index contributed by atoms with van der Waals surface area (Å²) >= 11 is 0. The molecule has 0 spiro atoms. The second-order valence-corrected chi connectivity index (χ2v) is 26.1. The van der Waals surface area contributed by atoms with Crippen LogP contribution in [0, 0.1) is 0 Å². The minimum absolute atomic E-state index is 0.835. The number of nitrogens with zero attached hydrogens (tertiary/aromatic N) is 2. The Kier molecular flexibility index (Phi) is 11.2. The Bertz CT molecular complexity index is 6960. The van der Waals surface area contributed by atoms with Gasteiger partial charge in [0, 0.05) is 38.8 Å². The summed E-state index contributed by atoms with van der Waals surface area (Å²) in [7, 11) is 0. The summed E-state index contributed by atoms with van der Waals surface area (Å²) in [6.45, 7) is 0. The number of benzene rings is 16. The molecule has 3 aromatic heterocycles. The number of hydrogen-bond acceptors (Lipinski definition) is 2. The molecule has 0 amide bonds. The quantitative estimate of drug-likeness (QED) is 0.136. The summed E-state index contributed by atoms with van der Waals surface area (Å²) in [4.78, 5) is 19.8. The first-order chi connectivity index (χ1) is 47.5. The van der Waals surface area contributed by atoms with Crippen molar-refractivity contribution in [2.75, 3.05) is 0 Å². The Morgan fingerprint density at radius 2 is 0.573 bits per heavy atom. The first-order valence-electron chi connectivity index (χ1n) is 33.1. The van der Waals surface area contributed by atoms with Gasteiger partial charge in [-0.15, -0.1) is 0 Å². The van der Waals surface area contributed by atoms with Gasteiger partial charge in [-0.3, -0.25) is 0 Å². The molecule has 0 aliphatic carbocycles. The molecule has 0 radical (unpaired) electrons. The van der Waals surface area contributed by atoms with Crippen molar-refractivity contribution >= 4 is 175 Å². The smallest absolute Gasteiger partial charge is 0.0816 e. The highest BCUT2D eigenvalue weighted by atomic mass is 14.8. The zero-order chi connectivity index (χ0) is 62.7. The SMILES string of the molecule is C1=Cc2cc3[nH]c(c(-c4cccc5ccc6cc7ccccc7cc6c45)c4nc(cc5ccc(cc1n2)[nH]5)C=C4c1cccc2ccc4cc5ccccc5cc4c12)c(-c1cccc2ccc4cc5ccccc5cc4c12)c3-c1cccc2ccc3cc4ccccc4cc3c12. The second kappa shape index (κ2) is 20.4. The summed E-state index contributed by atoms with van der Waals surface area (Å²) < 4.78 is 0. The molecule has 8 bridgehead atoms. The summed E-state index contributed by atoms with van der Waals surface area (Å²) in [5.41, 5.74) is 15.7. The molecule has 2 aliphatic rings. The first-order valence-corrected chi connectivity index (χ1v) is 33.1. The van der Waals surface area contributed by atoms with Crippen LogP contribution >= 0.6 is 0 Å². The molecule has 2 aliphatic heterocycles. The molecule has 442 valence electrons. The summed E-state index contributed by atoms with van der Waals surface area (Å²) in [6.07, 6.45) is 6.64. The zero-order valence-corrected chi connectivity index (χ0v) is 51.9. The van der Waals surface area contributed by atoms with Crippen LogP contribution in [-0.2, 0) is 0 Å². The normalized spacial score (nSPS) is 12.6. The van der Waals surface area contributed by atoms with Gasteiger partial charge in [0.2, 0.25) is 0 Å². The number of nitrogens with one attached hydrogen (secondary N) is 2. The van der Waals surface area contributed by atoms with Gasteiger partial charge in [-0.25, -0.2) is 9.97 Å². The molecule has 4 nitrogen and oxygen atoms in total. The molecule has 4 heteroatoms. The van der Waals surface area contributed by atoms with Crippen LogP contribution in [0.1, 0.15) is 28.3 Å². The Balaban J connectivity index is 1.03. The molecule has 21 rings (SSSR count). The van der Waals surface area contributed by atoms with Crippen LogP contribution in [0.25, 0.3) is 209 Å². The Morgan fingerprint density at radius 1 is 0.229 bits per heavy atom. The Labute approximate surface area is 550 Å². The summed E-state index contributed by atoms with van der Waals surface area (Å²) in [6, 6.07) is 111. The predicted molar refractivity (Wildman–Crippen MR) is 410 cm³/mol. The third-order valence-corrected chi connectivity index (χ3v) is 20.6. The van der Waals surface area contributed by atoms with Crippen molar-refractivity contribution in [2.24, 2.45) is 0 Å². The van der Waals surface area contributed by atoms with Crippen LogP contribution in [0.3, 0.4) is 0 Å². The standard InChI is InChI=1S/C92H54N4/c1-5-17-61-45-78-65(41-57(61)13-1)33-29-53-21-9-25-74(84(53)78)82-51-73-50-71-38-37-69(93-71)49-70-39-40-72(94-70)52-83-88(75-26-10-22-54-30-34-66-42-58-14-2-6-18-62(58)46-79(66)85(54)75)89(76-27-11-23-55-31-35-67-43-59-15-3-7-19-63(59)47-80(67)86(55)76)92(96-83)90(91(82)95-73)77-28-12-24-56-32-36-68-44-60-16-4-8-20-64(60)48-81(68)87(56)77/h1-52,93,96H. The maximum atomic E-state index is 6.16. The predicted octanol–water partition coefficient (Wildman–Crippen LogP) is 24.9. The van der Waals surface area contributed by atoms with E-state index in [0.29, 0.717) is 0 Å². The monoisotopic (exact) mass is 1210 g/mol. The van der Waals surface area contributed by atoms with Crippen molar-refractivity contribution in [3.05, 3.63) is 326 Å². The fraction of sp³-hybridized carbons (Fsp3) is 0. The lowest BCUT2D eigenvalue weighted by molar-refractivity contribution is 1.31. The van der Waals surface area contributed by atoms with E-state index in [9.17, 15) is 0 Å². The minimum Gasteiger partial charge on any atom is -0.355 e. The fourth-order valence-corrected chi connectivity index (χ4v) is 16.3.